The van der Waals surface area contributed by atoms with Crippen LogP contribution in [0, 0.1) is 6.92 Å². The second kappa shape index (κ2) is 7.99. The highest BCUT2D eigenvalue weighted by Crippen LogP contribution is 2.43. The van der Waals surface area contributed by atoms with Crippen molar-refractivity contribution < 1.29 is 5.11 Å². The maximum absolute atomic E-state index is 10.6. The third kappa shape index (κ3) is 3.50. The topological polar surface area (TPSA) is 145 Å². The Morgan fingerprint density at radius 1 is 1.13 bits per heavy atom. The first kappa shape index (κ1) is 22.7. The van der Waals surface area contributed by atoms with Gasteiger partial charge in [-0.3, -0.25) is 9.67 Å². The van der Waals surface area contributed by atoms with Crippen LogP contribution in [0.3, 0.4) is 0 Å². The molecule has 0 fully saturated rings. The van der Waals surface area contributed by atoms with Gasteiger partial charge < -0.3 is 26.0 Å². The van der Waals surface area contributed by atoms with E-state index in [0.717, 1.165) is 57.9 Å². The molecular formula is C27H28N10O. The van der Waals surface area contributed by atoms with Gasteiger partial charge in [0.1, 0.15) is 23.6 Å². The van der Waals surface area contributed by atoms with E-state index in [0.29, 0.717) is 29.6 Å². The van der Waals surface area contributed by atoms with Crippen molar-refractivity contribution in [2.24, 2.45) is 0 Å². The molecule has 2 aliphatic heterocycles. The van der Waals surface area contributed by atoms with E-state index in [9.17, 15) is 5.11 Å². The number of pyridine rings is 3. The van der Waals surface area contributed by atoms with Crippen LogP contribution in [0.15, 0.2) is 43.0 Å². The first-order chi connectivity index (χ1) is 18.3. The maximum atomic E-state index is 10.6. The van der Waals surface area contributed by atoms with Crippen molar-refractivity contribution in [1.29, 1.82) is 0 Å². The average Bonchev–Trinajstić information content (AvgIpc) is 3.52. The van der Waals surface area contributed by atoms with Crippen molar-refractivity contribution in [1.82, 2.24) is 34.3 Å². The van der Waals surface area contributed by atoms with Gasteiger partial charge in [0.15, 0.2) is 5.82 Å². The molecule has 7 heterocycles. The molecule has 0 aliphatic carbocycles. The third-order valence-corrected chi connectivity index (χ3v) is 7.60. The summed E-state index contributed by atoms with van der Waals surface area (Å²) in [6.45, 7) is 7.44. The fourth-order valence-electron chi connectivity index (χ4n) is 5.41. The van der Waals surface area contributed by atoms with Gasteiger partial charge >= 0.3 is 0 Å². The van der Waals surface area contributed by atoms with Gasteiger partial charge in [0.2, 0.25) is 0 Å². The fraction of sp³-hybridized carbons (Fsp3) is 0.296. The van der Waals surface area contributed by atoms with Crippen molar-refractivity contribution in [2.45, 2.75) is 51.9 Å². The molecule has 5 aromatic rings. The molecule has 0 amide bonds. The first-order valence-corrected chi connectivity index (χ1v) is 12.6. The Morgan fingerprint density at radius 2 is 2.00 bits per heavy atom. The quantitative estimate of drug-likeness (QED) is 0.287. The summed E-state index contributed by atoms with van der Waals surface area (Å²) in [7, 11) is 0. The molecule has 192 valence electrons. The number of aliphatic hydroxyl groups excluding tert-OH is 1. The predicted molar refractivity (Wildman–Crippen MR) is 145 cm³/mol. The molecule has 11 nitrogen and oxygen atoms in total. The summed E-state index contributed by atoms with van der Waals surface area (Å²) >= 11 is 0. The van der Waals surface area contributed by atoms with E-state index < -0.39 is 11.6 Å². The van der Waals surface area contributed by atoms with Gasteiger partial charge in [0, 0.05) is 60.5 Å². The van der Waals surface area contributed by atoms with Crippen molar-refractivity contribution >= 4 is 33.9 Å². The van der Waals surface area contributed by atoms with E-state index >= 15 is 0 Å². The number of nitrogens with two attached hydrogens (primary N) is 1. The number of nitrogens with zero attached hydrogens (tertiary/aromatic N) is 7. The SMILES string of the molecule is Cc1c(-c2cc3cc(Nc4cc5n(n4)Cc4nccn4CC5)ncc3c(N)n2)cnc2c1NC(C)(C)[C@H]2O. The van der Waals surface area contributed by atoms with Crippen molar-refractivity contribution in [3.63, 3.8) is 0 Å². The van der Waals surface area contributed by atoms with Gasteiger partial charge in [-0.1, -0.05) is 0 Å². The Balaban J connectivity index is 1.22. The summed E-state index contributed by atoms with van der Waals surface area (Å²) in [5, 5.41) is 23.8. The highest BCUT2D eigenvalue weighted by Gasteiger charge is 2.40. The number of hydrogen-bond acceptors (Lipinski definition) is 9. The summed E-state index contributed by atoms with van der Waals surface area (Å²) in [6.07, 6.45) is 7.53. The average molecular weight is 509 g/mol. The number of imidazole rings is 1. The number of hydrogen-bond donors (Lipinski definition) is 4. The van der Waals surface area contributed by atoms with Crippen LogP contribution >= 0.6 is 0 Å². The number of anilines is 4. The van der Waals surface area contributed by atoms with Gasteiger partial charge in [-0.25, -0.2) is 15.0 Å². The molecule has 0 saturated heterocycles. The highest BCUT2D eigenvalue weighted by molar-refractivity contribution is 5.95. The largest absolute Gasteiger partial charge is 0.384 e. The van der Waals surface area contributed by atoms with E-state index in [1.54, 1.807) is 12.4 Å². The van der Waals surface area contributed by atoms with E-state index in [4.69, 9.17) is 10.8 Å². The molecule has 11 heteroatoms. The molecule has 5 aromatic heterocycles. The van der Waals surface area contributed by atoms with Crippen LogP contribution in [0.4, 0.5) is 23.1 Å². The predicted octanol–water partition coefficient (Wildman–Crippen LogP) is 3.56. The van der Waals surface area contributed by atoms with Crippen molar-refractivity contribution in [3.8, 4) is 11.3 Å². The Kier molecular flexibility index (Phi) is 4.77. The van der Waals surface area contributed by atoms with Gasteiger partial charge in [-0.2, -0.15) is 5.10 Å². The Bertz CT molecular complexity index is 1730. The zero-order valence-electron chi connectivity index (χ0n) is 21.4. The zero-order chi connectivity index (χ0) is 26.2. The maximum Gasteiger partial charge on any atom is 0.153 e. The molecular weight excluding hydrogens is 480 g/mol. The van der Waals surface area contributed by atoms with Crippen molar-refractivity contribution in [2.75, 3.05) is 16.4 Å². The smallest absolute Gasteiger partial charge is 0.153 e. The second-order valence-corrected chi connectivity index (χ2v) is 10.6. The molecule has 1 atom stereocenters. The van der Waals surface area contributed by atoms with Crippen LogP contribution in [-0.2, 0) is 19.5 Å². The van der Waals surface area contributed by atoms with Crippen LogP contribution in [0.1, 0.15) is 42.7 Å². The minimum Gasteiger partial charge on any atom is -0.384 e. The zero-order valence-corrected chi connectivity index (χ0v) is 21.4. The summed E-state index contributed by atoms with van der Waals surface area (Å²) in [6, 6.07) is 6.01. The number of rotatable bonds is 3. The number of fused-ring (bicyclic) bond motifs is 4. The van der Waals surface area contributed by atoms with Gasteiger partial charge in [0.05, 0.1) is 29.2 Å². The van der Waals surface area contributed by atoms with E-state index in [-0.39, 0.29) is 0 Å². The lowest BCUT2D eigenvalue weighted by Crippen LogP contribution is -2.32. The van der Waals surface area contributed by atoms with Crippen LogP contribution < -0.4 is 16.4 Å². The highest BCUT2D eigenvalue weighted by atomic mass is 16.3. The monoisotopic (exact) mass is 508 g/mol. The summed E-state index contributed by atoms with van der Waals surface area (Å²) < 4.78 is 4.16. The van der Waals surface area contributed by atoms with Gasteiger partial charge in [-0.15, -0.1) is 0 Å². The summed E-state index contributed by atoms with van der Waals surface area (Å²) in [5.74, 6) is 2.80. The number of nitrogen functional groups attached to an aromatic ring is 1. The molecule has 7 rings (SSSR count). The third-order valence-electron chi connectivity index (χ3n) is 7.60. The minimum atomic E-state index is -0.681. The molecule has 38 heavy (non-hydrogen) atoms. The normalized spacial score (nSPS) is 17.4. The standard InChI is InChI=1S/C27H28N10O/c1-14-17(11-31-24-23(14)34-27(2,3)25(24)38)19-8-15-9-20(30-12-18(15)26(28)32-19)33-21-10-16-4-6-36-7-5-29-22(36)13-37(16)35-21/h5,7-12,25,34,38H,4,6,13H2,1-3H3,(H2,28,32)(H,30,33,35)/t25-/m0/s1. The molecule has 0 unspecified atom stereocenters. The molecule has 0 radical (unpaired) electrons. The Morgan fingerprint density at radius 3 is 2.87 bits per heavy atom. The van der Waals surface area contributed by atoms with E-state index in [1.165, 1.54) is 0 Å². The van der Waals surface area contributed by atoms with E-state index in [2.05, 4.69) is 41.2 Å². The van der Waals surface area contributed by atoms with Crippen LogP contribution in [0.25, 0.3) is 22.0 Å². The van der Waals surface area contributed by atoms with Crippen molar-refractivity contribution in [3.05, 3.63) is 65.8 Å². The number of aryl methyl sites for hydroxylation is 2. The second-order valence-electron chi connectivity index (χ2n) is 10.6. The fourth-order valence-corrected chi connectivity index (χ4v) is 5.41. The molecule has 0 bridgehead atoms. The Labute approximate surface area is 218 Å². The molecule has 5 N–H and O–H groups in total. The molecule has 0 saturated carbocycles. The van der Waals surface area contributed by atoms with Crippen LogP contribution in [-0.4, -0.2) is 44.9 Å². The molecule has 0 aromatic carbocycles. The van der Waals surface area contributed by atoms with Crippen LogP contribution in [0.5, 0.6) is 0 Å². The number of aromatic nitrogens is 7. The first-order valence-electron chi connectivity index (χ1n) is 12.6. The minimum absolute atomic E-state index is 0.397. The van der Waals surface area contributed by atoms with Gasteiger partial charge in [0.25, 0.3) is 0 Å². The number of nitrogens with one attached hydrogen (secondary N) is 2. The lowest BCUT2D eigenvalue weighted by Gasteiger charge is -2.22. The number of aliphatic hydroxyl groups is 1. The Hall–Kier alpha value is -4.51. The van der Waals surface area contributed by atoms with E-state index in [1.807, 2.05) is 50.0 Å². The summed E-state index contributed by atoms with van der Waals surface area (Å²) in [4.78, 5) is 18.2. The van der Waals surface area contributed by atoms with Crippen LogP contribution in [0.2, 0.25) is 0 Å². The summed E-state index contributed by atoms with van der Waals surface area (Å²) in [5.41, 5.74) is 11.1. The lowest BCUT2D eigenvalue weighted by molar-refractivity contribution is 0.123. The molecule has 0 spiro atoms. The lowest BCUT2D eigenvalue weighted by atomic mass is 9.98. The molecule has 2 aliphatic rings. The van der Waals surface area contributed by atoms with Gasteiger partial charge in [-0.05, 0) is 43.9 Å².